The topological polar surface area (TPSA) is 84.9 Å². The van der Waals surface area contributed by atoms with Gasteiger partial charge in [0.05, 0.1) is 12.6 Å². The number of thiazole rings is 1. The van der Waals surface area contributed by atoms with Crippen molar-refractivity contribution in [1.29, 1.82) is 0 Å². The first-order valence-corrected chi connectivity index (χ1v) is 7.75. The highest BCUT2D eigenvalue weighted by atomic mass is 32.1. The molecule has 1 atom stereocenters. The molecule has 0 aliphatic heterocycles. The average Bonchev–Trinajstić information content (AvgIpc) is 2.96. The normalized spacial score (nSPS) is 12.0. The fourth-order valence-electron chi connectivity index (χ4n) is 1.67. The smallest absolute Gasteiger partial charge is 0.323 e. The summed E-state index contributed by atoms with van der Waals surface area (Å²) in [6.07, 6.45) is 2.91. The van der Waals surface area contributed by atoms with Crippen LogP contribution in [0.5, 0.6) is 6.01 Å². The Morgan fingerprint density at radius 3 is 2.62 bits per heavy atom. The van der Waals surface area contributed by atoms with Crippen LogP contribution in [0.1, 0.15) is 36.7 Å². The van der Waals surface area contributed by atoms with Crippen LogP contribution in [0.15, 0.2) is 6.20 Å². The van der Waals surface area contributed by atoms with Crippen LogP contribution in [0, 0.1) is 0 Å². The van der Waals surface area contributed by atoms with Crippen LogP contribution < -0.4 is 15.4 Å². The van der Waals surface area contributed by atoms with Crippen LogP contribution in [0.3, 0.4) is 0 Å². The van der Waals surface area contributed by atoms with Crippen molar-refractivity contribution in [3.05, 3.63) is 16.1 Å². The maximum absolute atomic E-state index is 5.34. The van der Waals surface area contributed by atoms with E-state index in [2.05, 4.69) is 37.5 Å². The molecule has 1 unspecified atom stereocenters. The summed E-state index contributed by atoms with van der Waals surface area (Å²) in [6, 6.07) is 0.330. The van der Waals surface area contributed by atoms with Gasteiger partial charge in [-0.3, -0.25) is 0 Å². The lowest BCUT2D eigenvalue weighted by Gasteiger charge is -2.12. The van der Waals surface area contributed by atoms with Crippen molar-refractivity contribution in [2.24, 2.45) is 0 Å². The van der Waals surface area contributed by atoms with Crippen molar-refractivity contribution in [3.8, 4) is 6.01 Å². The summed E-state index contributed by atoms with van der Waals surface area (Å²) in [6.45, 7) is 6.55. The van der Waals surface area contributed by atoms with Gasteiger partial charge in [0.1, 0.15) is 5.01 Å². The predicted octanol–water partition coefficient (Wildman–Crippen LogP) is 2.50. The Balaban J connectivity index is 2.15. The van der Waals surface area contributed by atoms with Crippen molar-refractivity contribution in [2.45, 2.75) is 33.2 Å². The zero-order valence-corrected chi connectivity index (χ0v) is 13.5. The van der Waals surface area contributed by atoms with Crippen molar-refractivity contribution >= 4 is 23.2 Å². The standard InChI is InChI=1S/C13H20N6OS/c1-5-9-7-15-10(21-9)8(3)16-12-17-11(14-4)18-13(19-12)20-6-2/h7-8H,5-6H2,1-4H3,(H2,14,16,17,18,19). The zero-order chi connectivity index (χ0) is 15.2. The minimum absolute atomic E-state index is 0.0249. The largest absolute Gasteiger partial charge is 0.464 e. The number of aromatic nitrogens is 4. The molecular formula is C13H20N6OS. The van der Waals surface area contributed by atoms with Gasteiger partial charge in [-0.2, -0.15) is 15.0 Å². The van der Waals surface area contributed by atoms with E-state index in [4.69, 9.17) is 4.74 Å². The van der Waals surface area contributed by atoms with Crippen LogP contribution in [0.25, 0.3) is 0 Å². The molecule has 21 heavy (non-hydrogen) atoms. The number of ether oxygens (including phenoxy) is 1. The lowest BCUT2D eigenvalue weighted by molar-refractivity contribution is 0.312. The van der Waals surface area contributed by atoms with E-state index in [-0.39, 0.29) is 6.04 Å². The van der Waals surface area contributed by atoms with Crippen LogP contribution in [-0.4, -0.2) is 33.6 Å². The molecule has 8 heteroatoms. The van der Waals surface area contributed by atoms with Gasteiger partial charge in [0, 0.05) is 18.1 Å². The maximum Gasteiger partial charge on any atom is 0.323 e. The second-order valence-electron chi connectivity index (χ2n) is 4.33. The third kappa shape index (κ3) is 4.01. The summed E-state index contributed by atoms with van der Waals surface area (Å²) in [5, 5.41) is 7.14. The van der Waals surface area contributed by atoms with Gasteiger partial charge >= 0.3 is 6.01 Å². The second kappa shape index (κ2) is 7.16. The number of rotatable bonds is 7. The van der Waals surface area contributed by atoms with Crippen LogP contribution in [-0.2, 0) is 6.42 Å². The average molecular weight is 308 g/mol. The number of hydrogen-bond acceptors (Lipinski definition) is 8. The third-order valence-electron chi connectivity index (χ3n) is 2.75. The van der Waals surface area contributed by atoms with Crippen LogP contribution in [0.2, 0.25) is 0 Å². The van der Waals surface area contributed by atoms with E-state index < -0.39 is 0 Å². The van der Waals surface area contributed by atoms with E-state index in [0.717, 1.165) is 11.4 Å². The molecule has 2 aromatic heterocycles. The minimum atomic E-state index is 0.0249. The van der Waals surface area contributed by atoms with Crippen LogP contribution in [0.4, 0.5) is 11.9 Å². The minimum Gasteiger partial charge on any atom is -0.464 e. The highest BCUT2D eigenvalue weighted by Gasteiger charge is 2.13. The Labute approximate surface area is 128 Å². The van der Waals surface area contributed by atoms with Gasteiger partial charge in [0.25, 0.3) is 0 Å². The number of nitrogens with one attached hydrogen (secondary N) is 2. The molecule has 0 radical (unpaired) electrons. The first-order valence-electron chi connectivity index (χ1n) is 6.94. The molecule has 2 aromatic rings. The van der Waals surface area contributed by atoms with Crippen LogP contribution >= 0.6 is 11.3 Å². The first kappa shape index (κ1) is 15.4. The summed E-state index contributed by atoms with van der Waals surface area (Å²) in [7, 11) is 1.76. The molecule has 2 N–H and O–H groups in total. The molecule has 0 saturated carbocycles. The molecule has 114 valence electrons. The zero-order valence-electron chi connectivity index (χ0n) is 12.7. The van der Waals surface area contributed by atoms with E-state index in [9.17, 15) is 0 Å². The molecule has 0 fully saturated rings. The molecule has 0 spiro atoms. The molecular weight excluding hydrogens is 288 g/mol. The SMILES string of the molecule is CCOc1nc(NC)nc(NC(C)c2ncc(CC)s2)n1. The van der Waals surface area contributed by atoms with Crippen molar-refractivity contribution in [3.63, 3.8) is 0 Å². The van der Waals surface area contributed by atoms with E-state index in [1.54, 1.807) is 18.4 Å². The second-order valence-corrected chi connectivity index (χ2v) is 5.48. The Hall–Kier alpha value is -1.96. The van der Waals surface area contributed by atoms with E-state index in [1.165, 1.54) is 4.88 Å². The Morgan fingerprint density at radius 1 is 1.24 bits per heavy atom. The highest BCUT2D eigenvalue weighted by Crippen LogP contribution is 2.23. The summed E-state index contributed by atoms with van der Waals surface area (Å²) in [5.74, 6) is 0.940. The molecule has 2 rings (SSSR count). The molecule has 0 aliphatic carbocycles. The van der Waals surface area contributed by atoms with Gasteiger partial charge < -0.3 is 15.4 Å². The van der Waals surface area contributed by atoms with Gasteiger partial charge in [-0.1, -0.05) is 6.92 Å². The van der Waals surface area contributed by atoms with E-state index in [1.807, 2.05) is 20.0 Å². The Kier molecular flexibility index (Phi) is 5.26. The van der Waals surface area contributed by atoms with E-state index >= 15 is 0 Å². The molecule has 2 heterocycles. The molecule has 0 bridgehead atoms. The highest BCUT2D eigenvalue weighted by molar-refractivity contribution is 7.11. The molecule has 0 saturated heterocycles. The van der Waals surface area contributed by atoms with Gasteiger partial charge in [-0.05, 0) is 20.3 Å². The number of nitrogens with zero attached hydrogens (tertiary/aromatic N) is 4. The number of hydrogen-bond donors (Lipinski definition) is 2. The summed E-state index contributed by atoms with van der Waals surface area (Å²) in [4.78, 5) is 18.3. The summed E-state index contributed by atoms with van der Waals surface area (Å²) >= 11 is 1.69. The lowest BCUT2D eigenvalue weighted by atomic mass is 10.3. The van der Waals surface area contributed by atoms with Gasteiger partial charge in [-0.25, -0.2) is 4.98 Å². The number of aryl methyl sites for hydroxylation is 1. The molecule has 0 aliphatic rings. The summed E-state index contributed by atoms with van der Waals surface area (Å²) in [5.41, 5.74) is 0. The van der Waals surface area contributed by atoms with Gasteiger partial charge in [0.2, 0.25) is 11.9 Å². The van der Waals surface area contributed by atoms with E-state index in [0.29, 0.717) is 24.5 Å². The van der Waals surface area contributed by atoms with Gasteiger partial charge in [-0.15, -0.1) is 11.3 Å². The quantitative estimate of drug-likeness (QED) is 0.813. The first-order chi connectivity index (χ1) is 10.2. The van der Waals surface area contributed by atoms with Gasteiger partial charge in [0.15, 0.2) is 0 Å². The molecule has 0 amide bonds. The molecule has 0 aromatic carbocycles. The molecule has 7 nitrogen and oxygen atoms in total. The Bertz CT molecular complexity index is 588. The van der Waals surface area contributed by atoms with Crippen molar-refractivity contribution in [1.82, 2.24) is 19.9 Å². The summed E-state index contributed by atoms with van der Waals surface area (Å²) < 4.78 is 5.34. The van der Waals surface area contributed by atoms with Crippen molar-refractivity contribution < 1.29 is 4.74 Å². The maximum atomic E-state index is 5.34. The number of anilines is 2. The van der Waals surface area contributed by atoms with Crippen molar-refractivity contribution in [2.75, 3.05) is 24.3 Å². The fourth-order valence-corrected chi connectivity index (χ4v) is 2.53. The predicted molar refractivity (Wildman–Crippen MR) is 84.1 cm³/mol. The Morgan fingerprint density at radius 2 is 2.00 bits per heavy atom. The lowest BCUT2D eigenvalue weighted by Crippen LogP contribution is -2.12. The third-order valence-corrected chi connectivity index (χ3v) is 4.07. The monoisotopic (exact) mass is 308 g/mol. The fraction of sp³-hybridized carbons (Fsp3) is 0.538.